The molecule has 0 aromatic carbocycles. The molecule has 0 aliphatic carbocycles. The van der Waals surface area contributed by atoms with Crippen LogP contribution < -0.4 is 5.73 Å². The van der Waals surface area contributed by atoms with Crippen molar-refractivity contribution in [3.63, 3.8) is 0 Å². The highest BCUT2D eigenvalue weighted by molar-refractivity contribution is 4.61. The zero-order valence-electron chi connectivity index (χ0n) is 6.41. The molecule has 0 bridgehead atoms. The molecule has 3 N–H and O–H groups in total. The van der Waals surface area contributed by atoms with Gasteiger partial charge in [0, 0.05) is 13.7 Å². The Morgan fingerprint density at radius 2 is 2.20 bits per heavy atom. The topological polar surface area (TPSA) is 64.7 Å². The number of aliphatic hydroxyl groups is 1. The fourth-order valence-corrected chi connectivity index (χ4v) is 0.569. The van der Waals surface area contributed by atoms with Crippen molar-refractivity contribution in [1.82, 2.24) is 0 Å². The van der Waals surface area contributed by atoms with E-state index in [-0.39, 0.29) is 0 Å². The lowest BCUT2D eigenvalue weighted by Crippen LogP contribution is -2.40. The lowest BCUT2D eigenvalue weighted by molar-refractivity contribution is -0.118. The van der Waals surface area contributed by atoms with Crippen LogP contribution >= 0.6 is 0 Å². The zero-order chi connectivity index (χ0) is 7.98. The van der Waals surface area contributed by atoms with Crippen LogP contribution in [0.4, 0.5) is 0 Å². The quantitative estimate of drug-likeness (QED) is 0.508. The molecule has 0 amide bonds. The first kappa shape index (κ1) is 9.84. The summed E-state index contributed by atoms with van der Waals surface area (Å²) < 4.78 is 9.51. The molecule has 4 heteroatoms. The van der Waals surface area contributed by atoms with Crippen LogP contribution in [0.5, 0.6) is 0 Å². The van der Waals surface area contributed by atoms with Gasteiger partial charge < -0.3 is 20.3 Å². The molecule has 10 heavy (non-hydrogen) atoms. The standard InChI is InChI=1S/C6H15NO3/c1-3-10-6(8)5(7)4-9-2/h5-6,8H,3-4,7H2,1-2H3. The molecule has 0 aliphatic heterocycles. The van der Waals surface area contributed by atoms with Gasteiger partial charge in [-0.05, 0) is 6.92 Å². The van der Waals surface area contributed by atoms with E-state index in [1.54, 1.807) is 6.92 Å². The molecule has 2 atom stereocenters. The first-order valence-corrected chi connectivity index (χ1v) is 3.26. The van der Waals surface area contributed by atoms with Crippen molar-refractivity contribution >= 4 is 0 Å². The first-order valence-electron chi connectivity index (χ1n) is 3.26. The minimum atomic E-state index is -0.912. The molecule has 0 saturated carbocycles. The highest BCUT2D eigenvalue weighted by Gasteiger charge is 2.13. The Bertz CT molecular complexity index is 69.4. The van der Waals surface area contributed by atoms with Gasteiger partial charge in [0.05, 0.1) is 12.6 Å². The van der Waals surface area contributed by atoms with Gasteiger partial charge in [-0.1, -0.05) is 0 Å². The first-order chi connectivity index (χ1) is 4.72. The van der Waals surface area contributed by atoms with Crippen LogP contribution in [0.2, 0.25) is 0 Å². The number of hydrogen-bond donors (Lipinski definition) is 2. The van der Waals surface area contributed by atoms with Crippen molar-refractivity contribution in [1.29, 1.82) is 0 Å². The van der Waals surface area contributed by atoms with Gasteiger partial charge in [-0.15, -0.1) is 0 Å². The molecule has 0 heterocycles. The van der Waals surface area contributed by atoms with E-state index in [4.69, 9.17) is 20.3 Å². The number of ether oxygens (including phenoxy) is 2. The number of rotatable bonds is 5. The van der Waals surface area contributed by atoms with E-state index in [9.17, 15) is 0 Å². The van der Waals surface area contributed by atoms with E-state index in [1.807, 2.05) is 0 Å². The summed E-state index contributed by atoms with van der Waals surface area (Å²) in [6.45, 7) is 2.56. The minimum Gasteiger partial charge on any atom is -0.383 e. The Labute approximate surface area is 60.9 Å². The van der Waals surface area contributed by atoms with Crippen molar-refractivity contribution in [2.75, 3.05) is 20.3 Å². The Morgan fingerprint density at radius 1 is 1.60 bits per heavy atom. The maximum atomic E-state index is 9.02. The maximum Gasteiger partial charge on any atom is 0.171 e. The summed E-state index contributed by atoms with van der Waals surface area (Å²) in [5, 5.41) is 9.02. The van der Waals surface area contributed by atoms with E-state index < -0.39 is 12.3 Å². The average Bonchev–Trinajstić information content (AvgIpc) is 1.89. The summed E-state index contributed by atoms with van der Waals surface area (Å²) in [5.41, 5.74) is 5.41. The number of hydrogen-bond acceptors (Lipinski definition) is 4. The molecule has 0 aromatic rings. The summed E-state index contributed by atoms with van der Waals surface area (Å²) in [6, 6.07) is -0.454. The lowest BCUT2D eigenvalue weighted by atomic mass is 10.3. The zero-order valence-corrected chi connectivity index (χ0v) is 6.41. The average molecular weight is 149 g/mol. The smallest absolute Gasteiger partial charge is 0.171 e. The molecule has 0 spiro atoms. The Morgan fingerprint density at radius 3 is 2.60 bits per heavy atom. The molecule has 0 aliphatic rings. The predicted molar refractivity (Wildman–Crippen MR) is 37.5 cm³/mol. The van der Waals surface area contributed by atoms with Crippen LogP contribution in [0.25, 0.3) is 0 Å². The summed E-state index contributed by atoms with van der Waals surface area (Å²) in [4.78, 5) is 0. The second kappa shape index (κ2) is 5.61. The largest absolute Gasteiger partial charge is 0.383 e. The van der Waals surface area contributed by atoms with Crippen molar-refractivity contribution in [3.05, 3.63) is 0 Å². The van der Waals surface area contributed by atoms with Crippen LogP contribution in [-0.4, -0.2) is 37.8 Å². The van der Waals surface area contributed by atoms with Crippen molar-refractivity contribution in [2.45, 2.75) is 19.3 Å². The molecule has 0 aromatic heterocycles. The van der Waals surface area contributed by atoms with E-state index in [0.717, 1.165) is 0 Å². The van der Waals surface area contributed by atoms with E-state index >= 15 is 0 Å². The van der Waals surface area contributed by atoms with Crippen molar-refractivity contribution in [3.8, 4) is 0 Å². The SMILES string of the molecule is CCOC(O)C(N)COC. The Kier molecular flexibility index (Phi) is 5.52. The molecular weight excluding hydrogens is 134 g/mol. The Hall–Kier alpha value is -0.160. The molecular formula is C6H15NO3. The number of aliphatic hydroxyl groups excluding tert-OH is 1. The van der Waals surface area contributed by atoms with Gasteiger partial charge in [0.25, 0.3) is 0 Å². The molecule has 0 saturated heterocycles. The maximum absolute atomic E-state index is 9.02. The van der Waals surface area contributed by atoms with Crippen LogP contribution in [-0.2, 0) is 9.47 Å². The van der Waals surface area contributed by atoms with E-state index in [0.29, 0.717) is 13.2 Å². The highest BCUT2D eigenvalue weighted by Crippen LogP contribution is 1.92. The minimum absolute atomic E-state index is 0.307. The van der Waals surface area contributed by atoms with Gasteiger partial charge in [-0.2, -0.15) is 0 Å². The third-order valence-electron chi connectivity index (χ3n) is 1.06. The van der Waals surface area contributed by atoms with Gasteiger partial charge in [0.1, 0.15) is 0 Å². The molecule has 4 nitrogen and oxygen atoms in total. The van der Waals surface area contributed by atoms with Gasteiger partial charge in [-0.3, -0.25) is 0 Å². The third-order valence-corrected chi connectivity index (χ3v) is 1.06. The number of methoxy groups -OCH3 is 1. The van der Waals surface area contributed by atoms with Crippen LogP contribution in [0, 0.1) is 0 Å². The molecule has 0 radical (unpaired) electrons. The van der Waals surface area contributed by atoms with E-state index in [2.05, 4.69) is 0 Å². The molecule has 62 valence electrons. The Balaban J connectivity index is 3.38. The van der Waals surface area contributed by atoms with E-state index in [1.165, 1.54) is 7.11 Å². The van der Waals surface area contributed by atoms with Crippen molar-refractivity contribution < 1.29 is 14.6 Å². The lowest BCUT2D eigenvalue weighted by Gasteiger charge is -2.16. The van der Waals surface area contributed by atoms with Gasteiger partial charge in [-0.25, -0.2) is 0 Å². The van der Waals surface area contributed by atoms with Crippen molar-refractivity contribution in [2.24, 2.45) is 5.73 Å². The molecule has 2 unspecified atom stereocenters. The third kappa shape index (κ3) is 3.79. The summed E-state index contributed by atoms with van der Waals surface area (Å²) >= 11 is 0. The molecule has 0 rings (SSSR count). The van der Waals surface area contributed by atoms with Gasteiger partial charge in [0.15, 0.2) is 6.29 Å². The van der Waals surface area contributed by atoms with Crippen LogP contribution in [0.15, 0.2) is 0 Å². The summed E-state index contributed by atoms with van der Waals surface area (Å²) in [6.07, 6.45) is -0.912. The highest BCUT2D eigenvalue weighted by atomic mass is 16.6. The number of nitrogens with two attached hydrogens (primary N) is 1. The fourth-order valence-electron chi connectivity index (χ4n) is 0.569. The summed E-state index contributed by atoms with van der Waals surface area (Å²) in [7, 11) is 1.53. The predicted octanol–water partition coefficient (Wildman–Crippen LogP) is -0.685. The molecule has 0 fully saturated rings. The second-order valence-corrected chi connectivity index (χ2v) is 1.97. The van der Waals surface area contributed by atoms with Crippen LogP contribution in [0.1, 0.15) is 6.92 Å². The van der Waals surface area contributed by atoms with Gasteiger partial charge >= 0.3 is 0 Å². The normalized spacial score (nSPS) is 16.8. The summed E-state index contributed by atoms with van der Waals surface area (Å²) in [5.74, 6) is 0. The second-order valence-electron chi connectivity index (χ2n) is 1.97. The fraction of sp³-hybridized carbons (Fsp3) is 1.00. The monoisotopic (exact) mass is 149 g/mol. The van der Waals surface area contributed by atoms with Gasteiger partial charge in [0.2, 0.25) is 0 Å². The van der Waals surface area contributed by atoms with Crippen LogP contribution in [0.3, 0.4) is 0 Å².